The average molecular weight is 1270 g/mol. The fraction of sp³-hybridized carbons (Fsp3) is 0.875. The second-order valence-electron chi connectivity index (χ2n) is 21.4. The van der Waals surface area contributed by atoms with E-state index in [2.05, 4.69) is 0 Å². The van der Waals surface area contributed by atoms with Gasteiger partial charge in [0.15, 0.2) is 37.7 Å². The van der Waals surface area contributed by atoms with Gasteiger partial charge in [-0.15, -0.1) is 0 Å². The number of benzene rings is 1. The standard InChI is InChI=1S/C48H75NO38/c50-5-14-21(57)22(58)29(65)43(75-14)82-37-16(7-52)77-45(31(67)24(37)60)84-39-18(9-54)79-47(33(69)26(39)62)86-41-20(11-56)81-48(35(71)28(41)64)87-40-19(10-55)80-46(34(70)27(40)63)85-38-17(8-53)78-44(32(68)25(38)61)83-36-15(6-51)76-42(30(66)23(36)59)74-13-3-1-12(2-4-13)49(72)73/h1-4,14-48,50-71H,5-11H2/t14?,15?,16?,17?,18?,19?,20?,21-,22+,23-,24-,25-,26-,27-,28-,29?,30?,31?,32?,33?,34?,35?,36-,37-,38-,39-,40-,41-,42-,43+,44+,45+,46+,47+,48+/m1/s1. The third kappa shape index (κ3) is 14.6. The quantitative estimate of drug-likeness (QED) is 0.0379. The predicted molar refractivity (Wildman–Crippen MR) is 263 cm³/mol. The van der Waals surface area contributed by atoms with Crippen molar-refractivity contribution < 1.29 is 184 Å². The summed E-state index contributed by atoms with van der Waals surface area (Å²) in [6.45, 7) is -6.99. The molecule has 0 aliphatic carbocycles. The van der Waals surface area contributed by atoms with Gasteiger partial charge >= 0.3 is 0 Å². The fourth-order valence-electron chi connectivity index (χ4n) is 10.9. The summed E-state index contributed by atoms with van der Waals surface area (Å²) in [6.07, 6.45) is -67.9. The Labute approximate surface area is 489 Å². The molecule has 7 heterocycles. The molecule has 0 aromatic heterocycles. The maximum Gasteiger partial charge on any atom is 0.269 e. The maximum absolute atomic E-state index is 11.4. The largest absolute Gasteiger partial charge is 0.462 e. The van der Waals surface area contributed by atoms with Crippen LogP contribution in [0.2, 0.25) is 0 Å². The normalized spacial score (nSPS) is 49.1. The molecule has 1 aromatic carbocycles. The van der Waals surface area contributed by atoms with E-state index in [9.17, 15) is 122 Å². The summed E-state index contributed by atoms with van der Waals surface area (Å²) in [5, 5.41) is 247. The number of hydrogen-bond donors (Lipinski definition) is 22. The number of aliphatic hydroxyl groups is 22. The summed E-state index contributed by atoms with van der Waals surface area (Å²) in [5.74, 6) is -0.0449. The minimum atomic E-state index is -2.25. The molecule has 39 nitrogen and oxygen atoms in total. The SMILES string of the molecule is O=[N+]([O-])c1ccc(O[C@@H]2OC(CO)[C@@H](O[C@@H]3OC(CO)[C@@H](O[C@@H]4OC(CO)[C@@H](O[C@@H]5OC(CO)[C@@H](O[C@@H]6OC(CO)[C@@H](O[C@@H]7OC(CO)[C@@H](O[C@@H]8OC(CO)[C@@H](O)[C@H](O)C8O)[C@H](O)C7O)[C@H](O)C6O)[C@H](O)C5O)[C@H](O)C4O)[C@H](O)C3O)[C@H](O)C2O)cc1. The van der Waals surface area contributed by atoms with Crippen LogP contribution in [0.25, 0.3) is 0 Å². The predicted octanol–water partition coefficient (Wildman–Crippen LogP) is -14.3. The molecule has 0 saturated carbocycles. The topological polar surface area (TPSA) is 617 Å². The molecule has 7 aliphatic heterocycles. The van der Waals surface area contributed by atoms with Crippen molar-refractivity contribution in [3.8, 4) is 5.75 Å². The molecule has 0 radical (unpaired) electrons. The van der Waals surface area contributed by atoms with Crippen molar-refractivity contribution in [3.63, 3.8) is 0 Å². The Morgan fingerprint density at radius 3 is 0.736 bits per heavy atom. The number of nitrogens with zero attached hydrogens (tertiary/aromatic N) is 1. The average Bonchev–Trinajstić information content (AvgIpc) is 1.64. The third-order valence-corrected chi connectivity index (χ3v) is 15.8. The Kier molecular flexibility index (Phi) is 24.3. The van der Waals surface area contributed by atoms with Crippen LogP contribution >= 0.6 is 0 Å². The van der Waals surface area contributed by atoms with Crippen molar-refractivity contribution in [2.45, 2.75) is 215 Å². The number of non-ortho nitro benzene ring substituents is 1. The van der Waals surface area contributed by atoms with Crippen LogP contribution in [-0.4, -0.2) is 378 Å². The van der Waals surface area contributed by atoms with E-state index in [0.29, 0.717) is 0 Å². The number of nitro benzene ring substituents is 1. The number of ether oxygens (including phenoxy) is 14. The molecule has 22 N–H and O–H groups in total. The highest BCUT2D eigenvalue weighted by Gasteiger charge is 2.59. The van der Waals surface area contributed by atoms with Gasteiger partial charge in [-0.1, -0.05) is 0 Å². The summed E-state index contributed by atoms with van der Waals surface area (Å²) < 4.78 is 78.5. The van der Waals surface area contributed by atoms with Crippen LogP contribution in [0.4, 0.5) is 5.69 Å². The summed E-state index contributed by atoms with van der Waals surface area (Å²) in [6, 6.07) is 4.52. The molecule has 7 fully saturated rings. The van der Waals surface area contributed by atoms with E-state index in [-0.39, 0.29) is 11.4 Å². The highest BCUT2D eigenvalue weighted by atomic mass is 16.8. The van der Waals surface area contributed by atoms with Gasteiger partial charge in [0.1, 0.15) is 177 Å². The van der Waals surface area contributed by atoms with Crippen molar-refractivity contribution in [2.24, 2.45) is 0 Å². The van der Waals surface area contributed by atoms with Gasteiger partial charge in [0.05, 0.1) is 51.2 Å². The van der Waals surface area contributed by atoms with Gasteiger partial charge in [0, 0.05) is 12.1 Å². The number of hydrogen-bond acceptors (Lipinski definition) is 38. The Morgan fingerprint density at radius 1 is 0.299 bits per heavy atom. The van der Waals surface area contributed by atoms with Crippen LogP contribution < -0.4 is 4.74 Å². The molecule has 39 heteroatoms. The molecule has 1 aromatic rings. The minimum Gasteiger partial charge on any atom is -0.462 e. The van der Waals surface area contributed by atoms with Crippen LogP contribution in [0.1, 0.15) is 0 Å². The first-order chi connectivity index (χ1) is 41.4. The van der Waals surface area contributed by atoms with Crippen LogP contribution in [0.3, 0.4) is 0 Å². The minimum absolute atomic E-state index is 0.0449. The van der Waals surface area contributed by atoms with Gasteiger partial charge in [-0.3, -0.25) is 10.1 Å². The molecule has 35 atom stereocenters. The Morgan fingerprint density at radius 2 is 0.506 bits per heavy atom. The van der Waals surface area contributed by atoms with E-state index < -0.39 is 266 Å². The van der Waals surface area contributed by atoms with Gasteiger partial charge < -0.3 is 179 Å². The van der Waals surface area contributed by atoms with Crippen LogP contribution in [0.5, 0.6) is 5.75 Å². The first-order valence-electron chi connectivity index (χ1n) is 27.3. The molecule has 0 amide bonds. The summed E-state index contributed by atoms with van der Waals surface area (Å²) in [4.78, 5) is 10.4. The van der Waals surface area contributed by atoms with E-state index in [0.717, 1.165) is 12.1 Å². The molecule has 8 rings (SSSR count). The molecule has 87 heavy (non-hydrogen) atoms. The monoisotopic (exact) mass is 1270 g/mol. The second-order valence-corrected chi connectivity index (χ2v) is 21.4. The third-order valence-electron chi connectivity index (χ3n) is 15.8. The second kappa shape index (κ2) is 30.2. The van der Waals surface area contributed by atoms with Crippen molar-refractivity contribution in [1.29, 1.82) is 0 Å². The Hall–Kier alpha value is -2.98. The first kappa shape index (κ1) is 69.9. The highest BCUT2D eigenvalue weighted by Crippen LogP contribution is 2.38. The van der Waals surface area contributed by atoms with E-state index >= 15 is 0 Å². The molecular formula is C48H75NO38. The lowest BCUT2D eigenvalue weighted by Crippen LogP contribution is -2.68. The summed E-state index contributed by atoms with van der Waals surface area (Å²) in [7, 11) is 0. The van der Waals surface area contributed by atoms with Gasteiger partial charge in [-0.05, 0) is 12.1 Å². The van der Waals surface area contributed by atoms with E-state index in [1.54, 1.807) is 0 Å². The Bertz CT molecular complexity index is 2280. The zero-order valence-electron chi connectivity index (χ0n) is 45.3. The zero-order valence-corrected chi connectivity index (χ0v) is 45.3. The van der Waals surface area contributed by atoms with Crippen LogP contribution in [0.15, 0.2) is 24.3 Å². The maximum atomic E-state index is 11.4. The smallest absolute Gasteiger partial charge is 0.269 e. The van der Waals surface area contributed by atoms with Gasteiger partial charge in [-0.25, -0.2) is 0 Å². The number of nitro groups is 1. The van der Waals surface area contributed by atoms with Gasteiger partial charge in [0.25, 0.3) is 5.69 Å². The molecule has 0 spiro atoms. The van der Waals surface area contributed by atoms with E-state index in [4.69, 9.17) is 66.3 Å². The molecule has 7 saturated heterocycles. The van der Waals surface area contributed by atoms with Crippen molar-refractivity contribution in [2.75, 3.05) is 46.2 Å². The van der Waals surface area contributed by atoms with Crippen LogP contribution in [0, 0.1) is 10.1 Å². The molecular weight excluding hydrogens is 1200 g/mol. The van der Waals surface area contributed by atoms with Crippen molar-refractivity contribution >= 4 is 5.69 Å². The molecule has 14 unspecified atom stereocenters. The van der Waals surface area contributed by atoms with Crippen LogP contribution in [-0.2, 0) is 61.6 Å². The van der Waals surface area contributed by atoms with Crippen molar-refractivity contribution in [3.05, 3.63) is 34.4 Å². The molecule has 500 valence electrons. The molecule has 0 bridgehead atoms. The fourth-order valence-corrected chi connectivity index (χ4v) is 10.9. The van der Waals surface area contributed by atoms with Gasteiger partial charge in [-0.2, -0.15) is 0 Å². The lowest BCUT2D eigenvalue weighted by atomic mass is 9.95. The first-order valence-corrected chi connectivity index (χ1v) is 27.3. The van der Waals surface area contributed by atoms with E-state index in [1.807, 2.05) is 0 Å². The lowest BCUT2D eigenvalue weighted by molar-refractivity contribution is -0.397. The number of rotatable bonds is 22. The van der Waals surface area contributed by atoms with Crippen molar-refractivity contribution in [1.82, 2.24) is 0 Å². The summed E-state index contributed by atoms with van der Waals surface area (Å²) >= 11 is 0. The lowest BCUT2D eigenvalue weighted by Gasteiger charge is -2.50. The van der Waals surface area contributed by atoms with E-state index in [1.165, 1.54) is 12.1 Å². The van der Waals surface area contributed by atoms with Gasteiger partial charge in [0.2, 0.25) is 6.29 Å². The number of aliphatic hydroxyl groups excluding tert-OH is 22. The molecule has 7 aliphatic rings. The Balaban J connectivity index is 0.850. The highest BCUT2D eigenvalue weighted by molar-refractivity contribution is 5.36. The summed E-state index contributed by atoms with van der Waals surface area (Å²) in [5.41, 5.74) is -0.289. The zero-order chi connectivity index (χ0) is 63.6.